The molecule has 0 saturated heterocycles. The number of hydrogen-bond acceptors (Lipinski definition) is 3. The maximum Gasteiger partial charge on any atom is 0.160 e. The third-order valence-electron chi connectivity index (χ3n) is 9.61. The normalized spacial score (nSPS) is 11.6. The lowest BCUT2D eigenvalue weighted by Gasteiger charge is -2.12. The molecule has 234 valence electrons. The minimum absolute atomic E-state index is 0.681. The van der Waals surface area contributed by atoms with Crippen molar-refractivity contribution in [2.24, 2.45) is 0 Å². The van der Waals surface area contributed by atoms with Gasteiger partial charge in [-0.05, 0) is 65.7 Å². The Morgan fingerprint density at radius 3 is 1.74 bits per heavy atom. The Balaban J connectivity index is 1.12. The number of rotatable bonds is 5. The van der Waals surface area contributed by atoms with Crippen LogP contribution in [0.1, 0.15) is 0 Å². The molecule has 0 unspecified atom stereocenters. The van der Waals surface area contributed by atoms with E-state index in [9.17, 15) is 0 Å². The molecule has 10 aromatic rings. The number of hydrogen-bond donors (Lipinski definition) is 0. The minimum Gasteiger partial charge on any atom is -0.456 e. The number of para-hydroxylation sites is 3. The van der Waals surface area contributed by atoms with Crippen LogP contribution >= 0.6 is 0 Å². The highest BCUT2D eigenvalue weighted by Gasteiger charge is 2.15. The Bertz CT molecular complexity index is 2830. The predicted octanol–water partition coefficient (Wildman–Crippen LogP) is 12.1. The van der Waals surface area contributed by atoms with Crippen molar-refractivity contribution in [3.8, 4) is 50.7 Å². The lowest BCUT2D eigenvalue weighted by molar-refractivity contribution is 0.669. The zero-order valence-electron chi connectivity index (χ0n) is 27.0. The summed E-state index contributed by atoms with van der Waals surface area (Å²) >= 11 is 0. The molecular formula is C46H29N3O. The number of furan rings is 1. The summed E-state index contributed by atoms with van der Waals surface area (Å²) in [6, 6.07) is 61.4. The standard InChI is InChI=1S/C46H29N3O/c1-2-12-30(13-3-1)40-29-41(33-15-10-14-31(26-33)32-24-25-45-39(28-32)38-20-6-9-23-44(38)50-45)48-46(47-40)34-16-11-17-35(27-34)49-42-21-7-4-18-36(42)37-19-5-8-22-43(37)49/h1-29H. The van der Waals surface area contributed by atoms with E-state index in [0.29, 0.717) is 5.82 Å². The molecule has 0 fully saturated rings. The van der Waals surface area contributed by atoms with Gasteiger partial charge in [-0.1, -0.05) is 121 Å². The summed E-state index contributed by atoms with van der Waals surface area (Å²) in [5, 5.41) is 4.70. The van der Waals surface area contributed by atoms with Crippen molar-refractivity contribution >= 4 is 43.7 Å². The highest BCUT2D eigenvalue weighted by atomic mass is 16.3. The molecule has 0 N–H and O–H groups in total. The third kappa shape index (κ3) is 4.69. The summed E-state index contributed by atoms with van der Waals surface area (Å²) in [6.45, 7) is 0. The molecule has 0 atom stereocenters. The van der Waals surface area contributed by atoms with Crippen molar-refractivity contribution < 1.29 is 4.42 Å². The van der Waals surface area contributed by atoms with Crippen LogP contribution in [0.5, 0.6) is 0 Å². The molecule has 0 aliphatic heterocycles. The van der Waals surface area contributed by atoms with Gasteiger partial charge in [0.25, 0.3) is 0 Å². The first kappa shape index (κ1) is 28.3. The van der Waals surface area contributed by atoms with E-state index in [4.69, 9.17) is 14.4 Å². The van der Waals surface area contributed by atoms with Gasteiger partial charge < -0.3 is 8.98 Å². The van der Waals surface area contributed by atoms with Crippen molar-refractivity contribution in [2.75, 3.05) is 0 Å². The van der Waals surface area contributed by atoms with Gasteiger partial charge in [-0.3, -0.25) is 0 Å². The van der Waals surface area contributed by atoms with Gasteiger partial charge in [-0.25, -0.2) is 9.97 Å². The van der Waals surface area contributed by atoms with Gasteiger partial charge >= 0.3 is 0 Å². The number of benzene rings is 7. The second kappa shape index (κ2) is 11.4. The molecular weight excluding hydrogens is 611 g/mol. The van der Waals surface area contributed by atoms with Crippen molar-refractivity contribution in [1.82, 2.24) is 14.5 Å². The summed E-state index contributed by atoms with van der Waals surface area (Å²) < 4.78 is 8.44. The Kier molecular flexibility index (Phi) is 6.46. The molecule has 0 radical (unpaired) electrons. The molecule has 4 nitrogen and oxygen atoms in total. The Labute approximate surface area is 288 Å². The van der Waals surface area contributed by atoms with Gasteiger partial charge in [-0.2, -0.15) is 0 Å². The van der Waals surface area contributed by atoms with E-state index < -0.39 is 0 Å². The van der Waals surface area contributed by atoms with Gasteiger partial charge in [0.15, 0.2) is 5.82 Å². The fourth-order valence-electron chi connectivity index (χ4n) is 7.23. The molecule has 3 aromatic heterocycles. The van der Waals surface area contributed by atoms with Crippen molar-refractivity contribution in [3.05, 3.63) is 176 Å². The second-order valence-corrected chi connectivity index (χ2v) is 12.6. The largest absolute Gasteiger partial charge is 0.456 e. The Morgan fingerprint density at radius 1 is 0.360 bits per heavy atom. The molecule has 0 saturated carbocycles. The van der Waals surface area contributed by atoms with Gasteiger partial charge in [0.05, 0.1) is 22.4 Å². The van der Waals surface area contributed by atoms with Crippen molar-refractivity contribution in [3.63, 3.8) is 0 Å². The van der Waals surface area contributed by atoms with Crippen molar-refractivity contribution in [2.45, 2.75) is 0 Å². The third-order valence-corrected chi connectivity index (χ3v) is 9.61. The number of fused-ring (bicyclic) bond motifs is 6. The Morgan fingerprint density at radius 2 is 0.940 bits per heavy atom. The fourth-order valence-corrected chi connectivity index (χ4v) is 7.23. The first-order valence-corrected chi connectivity index (χ1v) is 16.8. The van der Waals surface area contributed by atoms with E-state index in [1.165, 1.54) is 21.8 Å². The lowest BCUT2D eigenvalue weighted by Crippen LogP contribution is -1.98. The summed E-state index contributed by atoms with van der Waals surface area (Å²) in [7, 11) is 0. The number of aromatic nitrogens is 3. The number of nitrogens with zero attached hydrogens (tertiary/aromatic N) is 3. The van der Waals surface area contributed by atoms with E-state index >= 15 is 0 Å². The van der Waals surface area contributed by atoms with E-state index in [2.05, 4.69) is 162 Å². The minimum atomic E-state index is 0.681. The maximum absolute atomic E-state index is 6.10. The van der Waals surface area contributed by atoms with Crippen LogP contribution in [0.2, 0.25) is 0 Å². The van der Waals surface area contributed by atoms with E-state index in [1.54, 1.807) is 0 Å². The lowest BCUT2D eigenvalue weighted by atomic mass is 9.99. The zero-order valence-corrected chi connectivity index (χ0v) is 27.0. The summed E-state index contributed by atoms with van der Waals surface area (Å²) in [5.41, 5.74) is 12.2. The zero-order chi connectivity index (χ0) is 33.0. The monoisotopic (exact) mass is 639 g/mol. The highest BCUT2D eigenvalue weighted by Crippen LogP contribution is 2.36. The van der Waals surface area contributed by atoms with E-state index in [0.717, 1.165) is 66.8 Å². The quantitative estimate of drug-likeness (QED) is 0.188. The molecule has 0 spiro atoms. The average molecular weight is 640 g/mol. The van der Waals surface area contributed by atoms with E-state index in [-0.39, 0.29) is 0 Å². The van der Waals surface area contributed by atoms with Crippen molar-refractivity contribution in [1.29, 1.82) is 0 Å². The van der Waals surface area contributed by atoms with Crippen LogP contribution < -0.4 is 0 Å². The van der Waals surface area contributed by atoms with Crippen LogP contribution in [0.4, 0.5) is 0 Å². The van der Waals surface area contributed by atoms with Gasteiger partial charge in [-0.15, -0.1) is 0 Å². The molecule has 4 heteroatoms. The van der Waals surface area contributed by atoms with Gasteiger partial charge in [0.1, 0.15) is 11.2 Å². The molecule has 0 bridgehead atoms. The molecule has 3 heterocycles. The van der Waals surface area contributed by atoms with Gasteiger partial charge in [0, 0.05) is 43.9 Å². The smallest absolute Gasteiger partial charge is 0.160 e. The SMILES string of the molecule is c1ccc(-c2cc(-c3cccc(-c4ccc5oc6ccccc6c5c4)c3)nc(-c3cccc(-n4c5ccccc5c5ccccc54)c3)n2)cc1. The molecule has 0 aliphatic rings. The van der Waals surface area contributed by atoms with Crippen LogP contribution in [0.15, 0.2) is 180 Å². The van der Waals surface area contributed by atoms with Crippen LogP contribution in [-0.4, -0.2) is 14.5 Å². The van der Waals surface area contributed by atoms with Crippen LogP contribution in [0.3, 0.4) is 0 Å². The average Bonchev–Trinajstić information content (AvgIpc) is 3.74. The summed E-state index contributed by atoms with van der Waals surface area (Å²) in [5.74, 6) is 0.681. The van der Waals surface area contributed by atoms with Crippen LogP contribution in [-0.2, 0) is 0 Å². The first-order valence-electron chi connectivity index (χ1n) is 16.8. The predicted molar refractivity (Wildman–Crippen MR) is 205 cm³/mol. The van der Waals surface area contributed by atoms with Crippen LogP contribution in [0, 0.1) is 0 Å². The topological polar surface area (TPSA) is 43.9 Å². The molecule has 0 aliphatic carbocycles. The van der Waals surface area contributed by atoms with Crippen LogP contribution in [0.25, 0.3) is 94.5 Å². The first-order chi connectivity index (χ1) is 24.8. The molecule has 50 heavy (non-hydrogen) atoms. The molecule has 0 amide bonds. The molecule has 10 rings (SSSR count). The fraction of sp³-hybridized carbons (Fsp3) is 0. The molecule has 7 aromatic carbocycles. The maximum atomic E-state index is 6.10. The highest BCUT2D eigenvalue weighted by molar-refractivity contribution is 6.09. The summed E-state index contributed by atoms with van der Waals surface area (Å²) in [4.78, 5) is 10.4. The summed E-state index contributed by atoms with van der Waals surface area (Å²) in [6.07, 6.45) is 0. The Hall–Kier alpha value is -6.78. The second-order valence-electron chi connectivity index (χ2n) is 12.6. The van der Waals surface area contributed by atoms with E-state index in [1.807, 2.05) is 18.2 Å². The van der Waals surface area contributed by atoms with Gasteiger partial charge in [0.2, 0.25) is 0 Å².